The van der Waals surface area contributed by atoms with Gasteiger partial charge in [0.2, 0.25) is 0 Å². The SMILES string of the molecule is CN(C(=O)c1ccc(Br)c(C(F)(F)F)c1)C1CCOC1. The van der Waals surface area contributed by atoms with E-state index in [4.69, 9.17) is 4.74 Å². The van der Waals surface area contributed by atoms with Crippen LogP contribution in [-0.2, 0) is 10.9 Å². The lowest BCUT2D eigenvalue weighted by Crippen LogP contribution is -2.37. The minimum absolute atomic E-state index is 0.0231. The van der Waals surface area contributed by atoms with Gasteiger partial charge in [0.15, 0.2) is 0 Å². The predicted octanol–water partition coefficient (Wildman–Crippen LogP) is 3.33. The summed E-state index contributed by atoms with van der Waals surface area (Å²) in [4.78, 5) is 13.7. The van der Waals surface area contributed by atoms with Crippen LogP contribution in [0.25, 0.3) is 0 Å². The molecular formula is C13H13BrF3NO2. The fourth-order valence-electron chi connectivity index (χ4n) is 2.07. The second-order valence-corrected chi connectivity index (χ2v) is 5.48. The lowest BCUT2D eigenvalue weighted by molar-refractivity contribution is -0.138. The molecule has 20 heavy (non-hydrogen) atoms. The van der Waals surface area contributed by atoms with Crippen molar-refractivity contribution in [2.45, 2.75) is 18.6 Å². The van der Waals surface area contributed by atoms with Crippen LogP contribution in [0.5, 0.6) is 0 Å². The van der Waals surface area contributed by atoms with Gasteiger partial charge in [-0.05, 0) is 24.6 Å². The molecule has 1 aliphatic heterocycles. The van der Waals surface area contributed by atoms with Crippen LogP contribution in [0.1, 0.15) is 22.3 Å². The Morgan fingerprint density at radius 1 is 1.45 bits per heavy atom. The van der Waals surface area contributed by atoms with Crippen molar-refractivity contribution in [3.63, 3.8) is 0 Å². The van der Waals surface area contributed by atoms with E-state index in [0.717, 1.165) is 6.07 Å². The highest BCUT2D eigenvalue weighted by molar-refractivity contribution is 9.10. The van der Waals surface area contributed by atoms with Crippen molar-refractivity contribution in [2.24, 2.45) is 0 Å². The number of ether oxygens (including phenoxy) is 1. The number of hydrogen-bond acceptors (Lipinski definition) is 2. The molecule has 1 saturated heterocycles. The van der Waals surface area contributed by atoms with Crippen molar-refractivity contribution in [2.75, 3.05) is 20.3 Å². The number of hydrogen-bond donors (Lipinski definition) is 0. The Hall–Kier alpha value is -1.08. The molecule has 1 heterocycles. The monoisotopic (exact) mass is 351 g/mol. The second kappa shape index (κ2) is 5.73. The Morgan fingerprint density at radius 2 is 2.15 bits per heavy atom. The first-order valence-corrected chi connectivity index (χ1v) is 6.81. The van der Waals surface area contributed by atoms with E-state index in [0.29, 0.717) is 19.6 Å². The number of benzene rings is 1. The smallest absolute Gasteiger partial charge is 0.379 e. The highest BCUT2D eigenvalue weighted by atomic mass is 79.9. The zero-order valence-electron chi connectivity index (χ0n) is 10.7. The van der Waals surface area contributed by atoms with Crippen LogP contribution in [-0.4, -0.2) is 37.1 Å². The van der Waals surface area contributed by atoms with Gasteiger partial charge in [0.05, 0.1) is 18.2 Å². The molecule has 1 aromatic rings. The number of likely N-dealkylation sites (N-methyl/N-ethyl adjacent to an activating group) is 1. The van der Waals surface area contributed by atoms with Crippen LogP contribution in [0.2, 0.25) is 0 Å². The fraction of sp³-hybridized carbons (Fsp3) is 0.462. The lowest BCUT2D eigenvalue weighted by Gasteiger charge is -2.23. The van der Waals surface area contributed by atoms with Crippen LogP contribution < -0.4 is 0 Å². The molecule has 7 heteroatoms. The molecule has 1 unspecified atom stereocenters. The molecule has 0 spiro atoms. The summed E-state index contributed by atoms with van der Waals surface area (Å²) in [6, 6.07) is 3.42. The number of carbonyl (C=O) groups excluding carboxylic acids is 1. The number of carbonyl (C=O) groups is 1. The summed E-state index contributed by atoms with van der Waals surface area (Å²) < 4.78 is 43.6. The third kappa shape index (κ3) is 3.15. The highest BCUT2D eigenvalue weighted by Crippen LogP contribution is 2.35. The maximum atomic E-state index is 12.8. The van der Waals surface area contributed by atoms with Crippen LogP contribution in [0.15, 0.2) is 22.7 Å². The molecule has 1 atom stereocenters. The molecule has 1 aromatic carbocycles. The quantitative estimate of drug-likeness (QED) is 0.817. The molecule has 1 aliphatic rings. The molecule has 0 aromatic heterocycles. The third-order valence-electron chi connectivity index (χ3n) is 3.29. The summed E-state index contributed by atoms with van der Waals surface area (Å²) in [5.41, 5.74) is -0.825. The number of amides is 1. The van der Waals surface area contributed by atoms with Gasteiger partial charge in [0, 0.05) is 23.7 Å². The fourth-order valence-corrected chi connectivity index (χ4v) is 2.54. The van der Waals surface area contributed by atoms with Crippen LogP contribution in [0.3, 0.4) is 0 Å². The number of alkyl halides is 3. The van der Waals surface area contributed by atoms with Gasteiger partial charge >= 0.3 is 6.18 Å². The Balaban J connectivity index is 2.26. The first kappa shape index (κ1) is 15.3. The Kier molecular flexibility index (Phi) is 4.39. The van der Waals surface area contributed by atoms with Gasteiger partial charge in [0.25, 0.3) is 5.91 Å². The molecule has 110 valence electrons. The van der Waals surface area contributed by atoms with Crippen molar-refractivity contribution in [3.05, 3.63) is 33.8 Å². The first-order valence-electron chi connectivity index (χ1n) is 6.02. The van der Waals surface area contributed by atoms with E-state index in [-0.39, 0.29) is 16.1 Å². The zero-order valence-corrected chi connectivity index (χ0v) is 12.3. The average molecular weight is 352 g/mol. The summed E-state index contributed by atoms with van der Waals surface area (Å²) in [5.74, 6) is -0.432. The maximum Gasteiger partial charge on any atom is 0.417 e. The standard InChI is InChI=1S/C13H13BrF3NO2/c1-18(9-4-5-20-7-9)12(19)8-2-3-11(14)10(6-8)13(15,16)17/h2-3,6,9H,4-5,7H2,1H3. The second-order valence-electron chi connectivity index (χ2n) is 4.63. The zero-order chi connectivity index (χ0) is 14.9. The van der Waals surface area contributed by atoms with Crippen LogP contribution in [0, 0.1) is 0 Å². The Bertz CT molecular complexity index is 513. The minimum atomic E-state index is -4.50. The van der Waals surface area contributed by atoms with Gasteiger partial charge in [-0.15, -0.1) is 0 Å². The minimum Gasteiger partial charge on any atom is -0.379 e. The number of nitrogens with zero attached hydrogens (tertiary/aromatic N) is 1. The van der Waals surface area contributed by atoms with Gasteiger partial charge in [-0.2, -0.15) is 13.2 Å². The topological polar surface area (TPSA) is 29.5 Å². The molecule has 3 nitrogen and oxygen atoms in total. The predicted molar refractivity (Wildman–Crippen MR) is 70.5 cm³/mol. The van der Waals surface area contributed by atoms with E-state index in [2.05, 4.69) is 15.9 Å². The van der Waals surface area contributed by atoms with Crippen molar-refractivity contribution in [1.29, 1.82) is 0 Å². The van der Waals surface area contributed by atoms with Crippen molar-refractivity contribution in [3.8, 4) is 0 Å². The van der Waals surface area contributed by atoms with E-state index < -0.39 is 17.6 Å². The van der Waals surface area contributed by atoms with Gasteiger partial charge in [-0.3, -0.25) is 4.79 Å². The van der Waals surface area contributed by atoms with E-state index >= 15 is 0 Å². The molecular weight excluding hydrogens is 339 g/mol. The molecule has 1 fully saturated rings. The molecule has 0 N–H and O–H groups in total. The maximum absolute atomic E-state index is 12.8. The number of rotatable bonds is 2. The molecule has 2 rings (SSSR count). The summed E-state index contributed by atoms with van der Waals surface area (Å²) >= 11 is 2.85. The van der Waals surface area contributed by atoms with Crippen molar-refractivity contribution >= 4 is 21.8 Å². The normalized spacial score (nSPS) is 19.1. The molecule has 0 bridgehead atoms. The summed E-state index contributed by atoms with van der Waals surface area (Å²) in [6.45, 7) is 0.987. The summed E-state index contributed by atoms with van der Waals surface area (Å²) in [6.07, 6.45) is -3.80. The van der Waals surface area contributed by atoms with E-state index in [1.807, 2.05) is 0 Å². The third-order valence-corrected chi connectivity index (χ3v) is 3.98. The van der Waals surface area contributed by atoms with Gasteiger partial charge in [0.1, 0.15) is 0 Å². The molecule has 0 radical (unpaired) electrons. The van der Waals surface area contributed by atoms with Gasteiger partial charge in [-0.25, -0.2) is 0 Å². The first-order chi connectivity index (χ1) is 9.30. The largest absolute Gasteiger partial charge is 0.417 e. The summed E-state index contributed by atoms with van der Waals surface area (Å²) in [7, 11) is 1.58. The van der Waals surface area contributed by atoms with Crippen molar-refractivity contribution in [1.82, 2.24) is 4.90 Å². The van der Waals surface area contributed by atoms with Gasteiger partial charge < -0.3 is 9.64 Å². The van der Waals surface area contributed by atoms with Crippen LogP contribution in [0.4, 0.5) is 13.2 Å². The van der Waals surface area contributed by atoms with Crippen molar-refractivity contribution < 1.29 is 22.7 Å². The van der Waals surface area contributed by atoms with E-state index in [9.17, 15) is 18.0 Å². The molecule has 0 aliphatic carbocycles. The highest BCUT2D eigenvalue weighted by Gasteiger charge is 2.34. The van der Waals surface area contributed by atoms with E-state index in [1.54, 1.807) is 7.05 Å². The summed E-state index contributed by atoms with van der Waals surface area (Å²) in [5, 5.41) is 0. The molecule has 0 saturated carbocycles. The average Bonchev–Trinajstić information content (AvgIpc) is 2.90. The van der Waals surface area contributed by atoms with Gasteiger partial charge in [-0.1, -0.05) is 15.9 Å². The molecule has 1 amide bonds. The van der Waals surface area contributed by atoms with Crippen LogP contribution >= 0.6 is 15.9 Å². The Morgan fingerprint density at radius 3 is 2.70 bits per heavy atom. The van der Waals surface area contributed by atoms with E-state index in [1.165, 1.54) is 17.0 Å². The lowest BCUT2D eigenvalue weighted by atomic mass is 10.1. The Labute approximate surface area is 122 Å². The number of halogens is 4.